The van der Waals surface area contributed by atoms with Crippen LogP contribution in [0.5, 0.6) is 0 Å². The third-order valence-electron chi connectivity index (χ3n) is 2.94. The highest BCUT2D eigenvalue weighted by Crippen LogP contribution is 2.30. The maximum atomic E-state index is 4.61. The second kappa shape index (κ2) is 5.13. The van der Waals surface area contributed by atoms with Gasteiger partial charge in [-0.15, -0.1) is 0 Å². The summed E-state index contributed by atoms with van der Waals surface area (Å²) in [6.07, 6.45) is 3.59. The summed E-state index contributed by atoms with van der Waals surface area (Å²) in [5.74, 6) is 0. The first-order chi connectivity index (χ1) is 9.24. The molecule has 3 rings (SSSR count). The zero-order chi connectivity index (χ0) is 13.2. The molecule has 4 heteroatoms. The first kappa shape index (κ1) is 12.3. The summed E-state index contributed by atoms with van der Waals surface area (Å²) in [7, 11) is 0. The average Bonchev–Trinajstić information content (AvgIpc) is 2.82. The quantitative estimate of drug-likeness (QED) is 0.700. The van der Waals surface area contributed by atoms with Crippen molar-refractivity contribution in [2.24, 2.45) is 0 Å². The van der Waals surface area contributed by atoms with Crippen LogP contribution in [0.25, 0.3) is 22.5 Å². The molecule has 2 aromatic heterocycles. The molecule has 3 aromatic rings. The lowest BCUT2D eigenvalue weighted by atomic mass is 10.0. The molecule has 19 heavy (non-hydrogen) atoms. The summed E-state index contributed by atoms with van der Waals surface area (Å²) >= 11 is 2.21. The lowest BCUT2D eigenvalue weighted by Gasteiger charge is -2.03. The van der Waals surface area contributed by atoms with Crippen LogP contribution in [0.4, 0.5) is 0 Å². The molecule has 0 amide bonds. The number of H-pyrrole nitrogens is 1. The van der Waals surface area contributed by atoms with E-state index in [4.69, 9.17) is 0 Å². The zero-order valence-corrected chi connectivity index (χ0v) is 12.5. The molecule has 0 aliphatic heterocycles. The Morgan fingerprint density at radius 3 is 2.58 bits per heavy atom. The number of hydrogen-bond donors (Lipinski definition) is 1. The summed E-state index contributed by atoms with van der Waals surface area (Å²) in [5.41, 5.74) is 5.49. The van der Waals surface area contributed by atoms with Gasteiger partial charge in [-0.25, -0.2) is 4.98 Å². The molecule has 0 bridgehead atoms. The highest BCUT2D eigenvalue weighted by molar-refractivity contribution is 14.1. The minimum Gasteiger partial charge on any atom is -0.333 e. The molecule has 1 N–H and O–H groups in total. The molecule has 0 saturated heterocycles. The summed E-state index contributed by atoms with van der Waals surface area (Å²) in [6, 6.07) is 12.4. The molecule has 94 valence electrons. The molecule has 0 atom stereocenters. The number of nitrogens with zero attached hydrogens (tertiary/aromatic N) is 2. The van der Waals surface area contributed by atoms with E-state index in [2.05, 4.69) is 68.7 Å². The Balaban J connectivity index is 2.18. The molecule has 1 aromatic carbocycles. The van der Waals surface area contributed by atoms with E-state index in [0.29, 0.717) is 0 Å². The topological polar surface area (TPSA) is 41.6 Å². The van der Waals surface area contributed by atoms with Crippen LogP contribution < -0.4 is 0 Å². The van der Waals surface area contributed by atoms with Crippen molar-refractivity contribution in [3.05, 3.63) is 58.2 Å². The first-order valence-corrected chi connectivity index (χ1v) is 7.05. The molecular weight excluding hydrogens is 349 g/mol. The highest BCUT2D eigenvalue weighted by atomic mass is 127. The van der Waals surface area contributed by atoms with E-state index in [1.807, 2.05) is 12.1 Å². The van der Waals surface area contributed by atoms with Gasteiger partial charge in [-0.05, 0) is 47.7 Å². The van der Waals surface area contributed by atoms with E-state index < -0.39 is 0 Å². The Morgan fingerprint density at radius 2 is 1.84 bits per heavy atom. The van der Waals surface area contributed by atoms with Gasteiger partial charge >= 0.3 is 0 Å². The van der Waals surface area contributed by atoms with Crippen LogP contribution in [0.3, 0.4) is 0 Å². The predicted octanol–water partition coefficient (Wildman–Crippen LogP) is 4.05. The van der Waals surface area contributed by atoms with Crippen LogP contribution in [0.1, 0.15) is 5.56 Å². The lowest BCUT2D eigenvalue weighted by molar-refractivity contribution is 1.23. The van der Waals surface area contributed by atoms with Gasteiger partial charge in [0.1, 0.15) is 0 Å². The lowest BCUT2D eigenvalue weighted by Crippen LogP contribution is -1.85. The number of aromatic amines is 1. The minimum atomic E-state index is 0.890. The van der Waals surface area contributed by atoms with Crippen LogP contribution in [0.15, 0.2) is 48.8 Å². The van der Waals surface area contributed by atoms with Gasteiger partial charge in [-0.2, -0.15) is 0 Å². The standard InChI is InChI=1S/C15H12IN3/c1-10-3-2-4-12(9-10)14-13(18-15(16)19-14)11-5-7-17-8-6-11/h2-9H,1H3,(H,18,19). The number of halogens is 1. The average molecular weight is 361 g/mol. The van der Waals surface area contributed by atoms with E-state index in [0.717, 1.165) is 26.3 Å². The number of pyridine rings is 1. The van der Waals surface area contributed by atoms with Gasteiger partial charge in [0.2, 0.25) is 0 Å². The molecule has 0 spiro atoms. The third-order valence-corrected chi connectivity index (χ3v) is 3.45. The summed E-state index contributed by atoms with van der Waals surface area (Å²) < 4.78 is 0.890. The Hall–Kier alpha value is -1.69. The smallest absolute Gasteiger partial charge is 0.169 e. The minimum absolute atomic E-state index is 0.890. The number of aryl methyl sites for hydroxylation is 1. The van der Waals surface area contributed by atoms with E-state index >= 15 is 0 Å². The SMILES string of the molecule is Cc1cccc(-c2nc(I)[nH]c2-c2ccncc2)c1. The molecule has 0 aliphatic rings. The number of rotatable bonds is 2. The van der Waals surface area contributed by atoms with Gasteiger partial charge in [-0.1, -0.05) is 23.8 Å². The number of aromatic nitrogens is 3. The van der Waals surface area contributed by atoms with E-state index in [1.54, 1.807) is 12.4 Å². The summed E-state index contributed by atoms with van der Waals surface area (Å²) in [4.78, 5) is 12.0. The fourth-order valence-corrected chi connectivity index (χ4v) is 2.58. The molecular formula is C15H12IN3. The van der Waals surface area contributed by atoms with Crippen molar-refractivity contribution in [2.45, 2.75) is 6.92 Å². The molecule has 0 radical (unpaired) electrons. The maximum Gasteiger partial charge on any atom is 0.169 e. The molecule has 3 nitrogen and oxygen atoms in total. The number of imidazole rings is 1. The Morgan fingerprint density at radius 1 is 1.05 bits per heavy atom. The van der Waals surface area contributed by atoms with Gasteiger partial charge in [0.05, 0.1) is 11.4 Å². The Kier molecular flexibility index (Phi) is 3.33. The summed E-state index contributed by atoms with van der Waals surface area (Å²) in [6.45, 7) is 2.09. The molecule has 0 fully saturated rings. The fraction of sp³-hybridized carbons (Fsp3) is 0.0667. The van der Waals surface area contributed by atoms with E-state index in [9.17, 15) is 0 Å². The molecule has 0 aliphatic carbocycles. The van der Waals surface area contributed by atoms with E-state index in [1.165, 1.54) is 5.56 Å². The van der Waals surface area contributed by atoms with Crippen molar-refractivity contribution in [1.82, 2.24) is 15.0 Å². The van der Waals surface area contributed by atoms with Gasteiger partial charge in [-0.3, -0.25) is 4.98 Å². The first-order valence-electron chi connectivity index (χ1n) is 5.97. The van der Waals surface area contributed by atoms with Crippen LogP contribution in [0.2, 0.25) is 0 Å². The molecule has 2 heterocycles. The monoisotopic (exact) mass is 361 g/mol. The van der Waals surface area contributed by atoms with Crippen molar-refractivity contribution >= 4 is 22.6 Å². The Labute approximate surface area is 125 Å². The maximum absolute atomic E-state index is 4.61. The van der Waals surface area contributed by atoms with Gasteiger partial charge in [0.25, 0.3) is 0 Å². The van der Waals surface area contributed by atoms with Crippen LogP contribution in [0, 0.1) is 10.8 Å². The second-order valence-electron chi connectivity index (χ2n) is 4.36. The van der Waals surface area contributed by atoms with Gasteiger partial charge < -0.3 is 4.98 Å². The largest absolute Gasteiger partial charge is 0.333 e. The molecule has 0 saturated carbocycles. The fourth-order valence-electron chi connectivity index (χ4n) is 2.07. The van der Waals surface area contributed by atoms with Crippen molar-refractivity contribution in [3.8, 4) is 22.5 Å². The van der Waals surface area contributed by atoms with E-state index in [-0.39, 0.29) is 0 Å². The van der Waals surface area contributed by atoms with Crippen molar-refractivity contribution in [1.29, 1.82) is 0 Å². The summed E-state index contributed by atoms with van der Waals surface area (Å²) in [5, 5.41) is 0. The van der Waals surface area contributed by atoms with Gasteiger partial charge in [0, 0.05) is 23.5 Å². The normalized spacial score (nSPS) is 10.6. The second-order valence-corrected chi connectivity index (χ2v) is 5.38. The zero-order valence-electron chi connectivity index (χ0n) is 10.4. The Bertz CT molecular complexity index is 704. The number of hydrogen-bond acceptors (Lipinski definition) is 2. The predicted molar refractivity (Wildman–Crippen MR) is 84.7 cm³/mol. The molecule has 0 unspecified atom stereocenters. The van der Waals surface area contributed by atoms with Crippen molar-refractivity contribution < 1.29 is 0 Å². The van der Waals surface area contributed by atoms with Crippen LogP contribution >= 0.6 is 22.6 Å². The number of nitrogens with one attached hydrogen (secondary N) is 1. The van der Waals surface area contributed by atoms with Crippen LogP contribution in [-0.4, -0.2) is 15.0 Å². The van der Waals surface area contributed by atoms with Crippen molar-refractivity contribution in [2.75, 3.05) is 0 Å². The van der Waals surface area contributed by atoms with Gasteiger partial charge in [0.15, 0.2) is 3.83 Å². The van der Waals surface area contributed by atoms with Crippen molar-refractivity contribution in [3.63, 3.8) is 0 Å². The number of benzene rings is 1. The van der Waals surface area contributed by atoms with Crippen LogP contribution in [-0.2, 0) is 0 Å². The highest BCUT2D eigenvalue weighted by Gasteiger charge is 2.12. The third kappa shape index (κ3) is 2.53.